The largest absolute Gasteiger partial charge is 0.206 e. The summed E-state index contributed by atoms with van der Waals surface area (Å²) in [6.45, 7) is 3.74. The summed E-state index contributed by atoms with van der Waals surface area (Å²) < 4.78 is 40.3. The lowest BCUT2D eigenvalue weighted by Crippen LogP contribution is -2.03. The van der Waals surface area contributed by atoms with E-state index in [1.165, 1.54) is 0 Å². The Bertz CT molecular complexity index is 359. The predicted octanol–water partition coefficient (Wildman–Crippen LogP) is 4.40. The molecule has 0 saturated heterocycles. The Balaban J connectivity index is 3.00. The van der Waals surface area contributed by atoms with E-state index in [-0.39, 0.29) is 17.5 Å². The van der Waals surface area contributed by atoms with Gasteiger partial charge in [-0.25, -0.2) is 13.2 Å². The van der Waals surface area contributed by atoms with Gasteiger partial charge in [-0.15, -0.1) is 0 Å². The van der Waals surface area contributed by atoms with Crippen LogP contribution in [0.1, 0.15) is 44.2 Å². The number of rotatable bonds is 5. The molecular weight excluding hydrogens is 213 g/mol. The van der Waals surface area contributed by atoms with Crippen LogP contribution < -0.4 is 0 Å². The smallest absolute Gasteiger partial charge is 0.164 e. The standard InChI is InChI=1S/C13H17F3/c1-3-5-6-7-10-12(15)9(4-2)8-11(14)13(10)16/h8H,3-7H2,1-2H3. The van der Waals surface area contributed by atoms with Crippen LogP contribution in [-0.4, -0.2) is 0 Å². The minimum Gasteiger partial charge on any atom is -0.206 e. The number of aryl methyl sites for hydroxylation is 1. The quantitative estimate of drug-likeness (QED) is 0.519. The normalized spacial score (nSPS) is 10.8. The zero-order valence-corrected chi connectivity index (χ0v) is 9.75. The Kier molecular flexibility index (Phi) is 4.84. The average Bonchev–Trinajstić information content (AvgIpc) is 2.28. The summed E-state index contributed by atoms with van der Waals surface area (Å²) in [6.07, 6.45) is 3.22. The Morgan fingerprint density at radius 3 is 2.25 bits per heavy atom. The lowest BCUT2D eigenvalue weighted by Gasteiger charge is -2.09. The first-order chi connectivity index (χ1) is 7.61. The van der Waals surface area contributed by atoms with Gasteiger partial charge in [0.2, 0.25) is 0 Å². The molecule has 90 valence electrons. The third kappa shape index (κ3) is 2.77. The summed E-state index contributed by atoms with van der Waals surface area (Å²) in [5.74, 6) is -2.53. The number of hydrogen-bond donors (Lipinski definition) is 0. The van der Waals surface area contributed by atoms with E-state index in [4.69, 9.17) is 0 Å². The van der Waals surface area contributed by atoms with Crippen LogP contribution in [0, 0.1) is 17.5 Å². The van der Waals surface area contributed by atoms with Gasteiger partial charge >= 0.3 is 0 Å². The number of benzene rings is 1. The summed E-state index contributed by atoms with van der Waals surface area (Å²) in [5, 5.41) is 0. The van der Waals surface area contributed by atoms with E-state index in [0.29, 0.717) is 12.8 Å². The van der Waals surface area contributed by atoms with Crippen LogP contribution >= 0.6 is 0 Å². The van der Waals surface area contributed by atoms with Crippen molar-refractivity contribution in [1.82, 2.24) is 0 Å². The van der Waals surface area contributed by atoms with Crippen molar-refractivity contribution in [2.75, 3.05) is 0 Å². The van der Waals surface area contributed by atoms with Crippen molar-refractivity contribution in [2.24, 2.45) is 0 Å². The molecule has 0 atom stereocenters. The summed E-state index contributed by atoms with van der Waals surface area (Å²) in [4.78, 5) is 0. The summed E-state index contributed by atoms with van der Waals surface area (Å²) in [6, 6.07) is 0.952. The molecule has 0 aromatic heterocycles. The van der Waals surface area contributed by atoms with E-state index in [1.807, 2.05) is 6.92 Å². The minimum atomic E-state index is -1.02. The molecule has 0 N–H and O–H groups in total. The van der Waals surface area contributed by atoms with Crippen molar-refractivity contribution in [3.05, 3.63) is 34.6 Å². The Labute approximate surface area is 94.5 Å². The van der Waals surface area contributed by atoms with Crippen LogP contribution in [0.3, 0.4) is 0 Å². The van der Waals surface area contributed by atoms with E-state index >= 15 is 0 Å². The molecule has 1 aromatic rings. The Morgan fingerprint density at radius 1 is 1.00 bits per heavy atom. The predicted molar refractivity (Wildman–Crippen MR) is 58.9 cm³/mol. The van der Waals surface area contributed by atoms with Crippen LogP contribution in [0.5, 0.6) is 0 Å². The second kappa shape index (κ2) is 5.92. The molecular formula is C13H17F3. The first-order valence-corrected chi connectivity index (χ1v) is 5.77. The first-order valence-electron chi connectivity index (χ1n) is 5.77. The van der Waals surface area contributed by atoms with Gasteiger partial charge in [-0.1, -0.05) is 26.7 Å². The van der Waals surface area contributed by atoms with Crippen LogP contribution in [-0.2, 0) is 12.8 Å². The van der Waals surface area contributed by atoms with Gasteiger partial charge in [0, 0.05) is 5.56 Å². The monoisotopic (exact) mass is 230 g/mol. The average molecular weight is 230 g/mol. The van der Waals surface area contributed by atoms with E-state index < -0.39 is 17.5 Å². The Hall–Kier alpha value is -0.990. The van der Waals surface area contributed by atoms with E-state index in [1.54, 1.807) is 6.92 Å². The topological polar surface area (TPSA) is 0 Å². The summed E-state index contributed by atoms with van der Waals surface area (Å²) in [7, 11) is 0. The third-order valence-corrected chi connectivity index (χ3v) is 2.73. The molecule has 1 aromatic carbocycles. The fourth-order valence-corrected chi connectivity index (χ4v) is 1.74. The van der Waals surface area contributed by atoms with Gasteiger partial charge in [-0.05, 0) is 30.9 Å². The molecule has 0 heterocycles. The maximum absolute atomic E-state index is 13.7. The van der Waals surface area contributed by atoms with E-state index in [9.17, 15) is 13.2 Å². The third-order valence-electron chi connectivity index (χ3n) is 2.73. The van der Waals surface area contributed by atoms with E-state index in [0.717, 1.165) is 18.9 Å². The molecule has 16 heavy (non-hydrogen) atoms. The molecule has 0 spiro atoms. The van der Waals surface area contributed by atoms with Gasteiger partial charge in [0.05, 0.1) is 0 Å². The summed E-state index contributed by atoms with van der Waals surface area (Å²) >= 11 is 0. The fourth-order valence-electron chi connectivity index (χ4n) is 1.74. The number of hydrogen-bond acceptors (Lipinski definition) is 0. The van der Waals surface area contributed by atoms with Crippen LogP contribution in [0.25, 0.3) is 0 Å². The highest BCUT2D eigenvalue weighted by Gasteiger charge is 2.17. The molecule has 0 aliphatic carbocycles. The molecule has 1 rings (SSSR count). The van der Waals surface area contributed by atoms with Crippen molar-refractivity contribution in [3.63, 3.8) is 0 Å². The highest BCUT2D eigenvalue weighted by molar-refractivity contribution is 5.29. The SMILES string of the molecule is CCCCCc1c(F)c(F)cc(CC)c1F. The summed E-state index contributed by atoms with van der Waals surface area (Å²) in [5.41, 5.74) is 0.163. The molecule has 0 aliphatic rings. The fraction of sp³-hybridized carbons (Fsp3) is 0.538. The second-order valence-corrected chi connectivity index (χ2v) is 3.93. The zero-order chi connectivity index (χ0) is 12.1. The molecule has 0 fully saturated rings. The minimum absolute atomic E-state index is 0.0923. The van der Waals surface area contributed by atoms with Crippen LogP contribution in [0.15, 0.2) is 6.07 Å². The van der Waals surface area contributed by atoms with Gasteiger partial charge in [0.1, 0.15) is 5.82 Å². The molecule has 0 unspecified atom stereocenters. The Morgan fingerprint density at radius 2 is 1.69 bits per heavy atom. The number of halogens is 3. The van der Waals surface area contributed by atoms with Gasteiger partial charge in [0.25, 0.3) is 0 Å². The molecule has 0 amide bonds. The van der Waals surface area contributed by atoms with E-state index in [2.05, 4.69) is 0 Å². The van der Waals surface area contributed by atoms with Crippen molar-refractivity contribution < 1.29 is 13.2 Å². The van der Waals surface area contributed by atoms with Crippen LogP contribution in [0.2, 0.25) is 0 Å². The van der Waals surface area contributed by atoms with Crippen molar-refractivity contribution in [2.45, 2.75) is 46.0 Å². The number of unbranched alkanes of at least 4 members (excludes halogenated alkanes) is 2. The molecule has 0 saturated carbocycles. The van der Waals surface area contributed by atoms with Gasteiger partial charge in [-0.2, -0.15) is 0 Å². The highest BCUT2D eigenvalue weighted by atomic mass is 19.2. The maximum Gasteiger partial charge on any atom is 0.164 e. The second-order valence-electron chi connectivity index (χ2n) is 3.93. The molecule has 0 radical (unpaired) electrons. The molecule has 0 nitrogen and oxygen atoms in total. The lowest BCUT2D eigenvalue weighted by atomic mass is 10.0. The van der Waals surface area contributed by atoms with Crippen LogP contribution in [0.4, 0.5) is 13.2 Å². The molecule has 0 bridgehead atoms. The van der Waals surface area contributed by atoms with Gasteiger partial charge in [0.15, 0.2) is 11.6 Å². The van der Waals surface area contributed by atoms with Crippen molar-refractivity contribution in [1.29, 1.82) is 0 Å². The highest BCUT2D eigenvalue weighted by Crippen LogP contribution is 2.22. The van der Waals surface area contributed by atoms with Gasteiger partial charge in [-0.3, -0.25) is 0 Å². The molecule has 0 aliphatic heterocycles. The first kappa shape index (κ1) is 13.1. The van der Waals surface area contributed by atoms with Crippen molar-refractivity contribution >= 4 is 0 Å². The lowest BCUT2D eigenvalue weighted by molar-refractivity contribution is 0.471. The molecule has 3 heteroatoms. The maximum atomic E-state index is 13.7. The van der Waals surface area contributed by atoms with Crippen molar-refractivity contribution in [3.8, 4) is 0 Å². The van der Waals surface area contributed by atoms with Gasteiger partial charge < -0.3 is 0 Å². The zero-order valence-electron chi connectivity index (χ0n) is 9.75.